The van der Waals surface area contributed by atoms with Gasteiger partial charge in [-0.3, -0.25) is 14.4 Å². The van der Waals surface area contributed by atoms with Gasteiger partial charge in [0.2, 0.25) is 5.91 Å². The number of benzene rings is 1. The average molecular weight is 247 g/mol. The number of fused-ring (bicyclic) bond motifs is 1. The SMILES string of the molecule is CCOC(=O)C1C(=O)c2ccccc2N(C)C1=O. The van der Waals surface area contributed by atoms with Crippen LogP contribution in [0.1, 0.15) is 17.3 Å². The lowest BCUT2D eigenvalue weighted by Gasteiger charge is -2.29. The molecule has 0 fully saturated rings. The van der Waals surface area contributed by atoms with E-state index in [1.54, 1.807) is 38.2 Å². The Balaban J connectivity index is 2.46. The Hall–Kier alpha value is -2.17. The average Bonchev–Trinajstić information content (AvgIpc) is 2.37. The minimum absolute atomic E-state index is 0.140. The summed E-state index contributed by atoms with van der Waals surface area (Å²) in [6.45, 7) is 1.77. The fourth-order valence-corrected chi connectivity index (χ4v) is 1.99. The first-order valence-corrected chi connectivity index (χ1v) is 5.65. The summed E-state index contributed by atoms with van der Waals surface area (Å²) in [6.07, 6.45) is 0. The first-order chi connectivity index (χ1) is 8.57. The maximum Gasteiger partial charge on any atom is 0.326 e. The number of Topliss-reactive ketones (excluding diaryl/α,β-unsaturated/α-hetero) is 1. The molecule has 0 saturated carbocycles. The van der Waals surface area contributed by atoms with Crippen LogP contribution in [0.2, 0.25) is 0 Å². The van der Waals surface area contributed by atoms with Gasteiger partial charge in [0.25, 0.3) is 0 Å². The van der Waals surface area contributed by atoms with E-state index in [4.69, 9.17) is 4.74 Å². The molecule has 0 aromatic heterocycles. The van der Waals surface area contributed by atoms with Gasteiger partial charge in [-0.25, -0.2) is 0 Å². The summed E-state index contributed by atoms with van der Waals surface area (Å²) in [5.74, 6) is -3.19. The van der Waals surface area contributed by atoms with Crippen LogP contribution in [0.4, 0.5) is 5.69 Å². The third-order valence-electron chi connectivity index (χ3n) is 2.89. The van der Waals surface area contributed by atoms with Gasteiger partial charge in [0.15, 0.2) is 11.7 Å². The molecule has 1 aromatic rings. The Morgan fingerprint density at radius 1 is 1.33 bits per heavy atom. The summed E-state index contributed by atoms with van der Waals surface area (Å²) in [4.78, 5) is 37.2. The molecule has 1 aliphatic heterocycles. The molecule has 1 unspecified atom stereocenters. The van der Waals surface area contributed by atoms with E-state index < -0.39 is 23.6 Å². The topological polar surface area (TPSA) is 63.7 Å². The molecular weight excluding hydrogens is 234 g/mol. The first-order valence-electron chi connectivity index (χ1n) is 5.65. The van der Waals surface area contributed by atoms with Crippen molar-refractivity contribution in [3.8, 4) is 0 Å². The fourth-order valence-electron chi connectivity index (χ4n) is 1.99. The van der Waals surface area contributed by atoms with Crippen molar-refractivity contribution >= 4 is 23.3 Å². The molecule has 5 heteroatoms. The molecule has 0 spiro atoms. The molecule has 1 atom stereocenters. The number of carbonyl (C=O) groups excluding carboxylic acids is 3. The van der Waals surface area contributed by atoms with Crippen LogP contribution in [-0.2, 0) is 14.3 Å². The van der Waals surface area contributed by atoms with Gasteiger partial charge in [0.05, 0.1) is 12.3 Å². The van der Waals surface area contributed by atoms with Gasteiger partial charge in [-0.1, -0.05) is 12.1 Å². The maximum atomic E-state index is 12.1. The largest absolute Gasteiger partial charge is 0.465 e. The van der Waals surface area contributed by atoms with Gasteiger partial charge in [0, 0.05) is 12.6 Å². The molecule has 0 radical (unpaired) electrons. The van der Waals surface area contributed by atoms with Crippen molar-refractivity contribution in [3.63, 3.8) is 0 Å². The summed E-state index contributed by atoms with van der Waals surface area (Å²) in [6, 6.07) is 6.71. The second-order valence-corrected chi connectivity index (χ2v) is 3.96. The molecule has 94 valence electrons. The quantitative estimate of drug-likeness (QED) is 0.578. The highest BCUT2D eigenvalue weighted by Gasteiger charge is 2.43. The molecule has 0 bridgehead atoms. The number of anilines is 1. The Bertz CT molecular complexity index is 523. The van der Waals surface area contributed by atoms with Crippen LogP contribution in [0, 0.1) is 5.92 Å². The molecule has 2 rings (SSSR count). The predicted molar refractivity (Wildman–Crippen MR) is 64.3 cm³/mol. The molecule has 0 aliphatic carbocycles. The number of ketones is 1. The van der Waals surface area contributed by atoms with Crippen LogP contribution in [0.3, 0.4) is 0 Å². The Morgan fingerprint density at radius 2 is 2.00 bits per heavy atom. The van der Waals surface area contributed by atoms with Gasteiger partial charge >= 0.3 is 5.97 Å². The van der Waals surface area contributed by atoms with Crippen LogP contribution in [0.25, 0.3) is 0 Å². The van der Waals surface area contributed by atoms with Gasteiger partial charge in [-0.2, -0.15) is 0 Å². The molecule has 18 heavy (non-hydrogen) atoms. The normalized spacial score (nSPS) is 18.6. The monoisotopic (exact) mass is 247 g/mol. The van der Waals surface area contributed by atoms with E-state index in [9.17, 15) is 14.4 Å². The number of hydrogen-bond acceptors (Lipinski definition) is 4. The first kappa shape index (κ1) is 12.3. The van der Waals surface area contributed by atoms with Crippen molar-refractivity contribution in [1.29, 1.82) is 0 Å². The number of hydrogen-bond donors (Lipinski definition) is 0. The zero-order valence-corrected chi connectivity index (χ0v) is 10.2. The number of esters is 1. The lowest BCUT2D eigenvalue weighted by molar-refractivity contribution is -0.149. The van der Waals surface area contributed by atoms with Crippen LogP contribution in [0.15, 0.2) is 24.3 Å². The van der Waals surface area contributed by atoms with Gasteiger partial charge < -0.3 is 9.64 Å². The molecule has 0 N–H and O–H groups in total. The Labute approximate surface area is 104 Å². The van der Waals surface area contributed by atoms with E-state index in [-0.39, 0.29) is 6.61 Å². The zero-order chi connectivity index (χ0) is 13.3. The zero-order valence-electron chi connectivity index (χ0n) is 10.2. The van der Waals surface area contributed by atoms with E-state index in [0.717, 1.165) is 0 Å². The van der Waals surface area contributed by atoms with Crippen LogP contribution < -0.4 is 4.90 Å². The van der Waals surface area contributed by atoms with E-state index in [1.807, 2.05) is 0 Å². The highest BCUT2D eigenvalue weighted by atomic mass is 16.5. The fraction of sp³-hybridized carbons (Fsp3) is 0.308. The Morgan fingerprint density at radius 3 is 2.67 bits per heavy atom. The van der Waals surface area contributed by atoms with Crippen LogP contribution >= 0.6 is 0 Å². The molecule has 5 nitrogen and oxygen atoms in total. The third kappa shape index (κ3) is 1.77. The molecule has 1 amide bonds. The number of ether oxygens (including phenoxy) is 1. The smallest absolute Gasteiger partial charge is 0.326 e. The van der Waals surface area contributed by atoms with Crippen LogP contribution in [-0.4, -0.2) is 31.3 Å². The minimum Gasteiger partial charge on any atom is -0.465 e. The number of para-hydroxylation sites is 1. The molecule has 0 saturated heterocycles. The summed E-state index contributed by atoms with van der Waals surface area (Å²) in [5.41, 5.74) is 0.894. The van der Waals surface area contributed by atoms with Gasteiger partial charge in [0.1, 0.15) is 0 Å². The van der Waals surface area contributed by atoms with E-state index in [2.05, 4.69) is 0 Å². The molecule has 1 aliphatic rings. The number of carbonyl (C=O) groups is 3. The third-order valence-corrected chi connectivity index (χ3v) is 2.89. The Kier molecular flexibility index (Phi) is 3.14. The standard InChI is InChI=1S/C13H13NO4/c1-3-18-13(17)10-11(15)8-6-4-5-7-9(8)14(2)12(10)16/h4-7,10H,3H2,1-2H3. The lowest BCUT2D eigenvalue weighted by Crippen LogP contribution is -2.46. The number of nitrogens with zero attached hydrogens (tertiary/aromatic N) is 1. The maximum absolute atomic E-state index is 12.1. The lowest BCUT2D eigenvalue weighted by atomic mass is 9.90. The van der Waals surface area contributed by atoms with Crippen molar-refractivity contribution < 1.29 is 19.1 Å². The summed E-state index contributed by atoms with van der Waals surface area (Å²) >= 11 is 0. The summed E-state index contributed by atoms with van der Waals surface area (Å²) < 4.78 is 4.78. The minimum atomic E-state index is -1.37. The van der Waals surface area contributed by atoms with E-state index in [0.29, 0.717) is 11.3 Å². The molecule has 1 heterocycles. The summed E-state index contributed by atoms with van der Waals surface area (Å²) in [7, 11) is 1.54. The van der Waals surface area contributed by atoms with Crippen molar-refractivity contribution in [2.24, 2.45) is 5.92 Å². The van der Waals surface area contributed by atoms with E-state index >= 15 is 0 Å². The second kappa shape index (κ2) is 4.60. The predicted octanol–water partition coefficient (Wildman–Crippen LogP) is 1.02. The van der Waals surface area contributed by atoms with Gasteiger partial charge in [-0.05, 0) is 19.1 Å². The van der Waals surface area contributed by atoms with Crippen LogP contribution in [0.5, 0.6) is 0 Å². The van der Waals surface area contributed by atoms with E-state index in [1.165, 1.54) is 4.90 Å². The number of amides is 1. The summed E-state index contributed by atoms with van der Waals surface area (Å²) in [5, 5.41) is 0. The van der Waals surface area contributed by atoms with Crippen molar-refractivity contribution in [1.82, 2.24) is 0 Å². The molecule has 1 aromatic carbocycles. The van der Waals surface area contributed by atoms with Crippen molar-refractivity contribution in [3.05, 3.63) is 29.8 Å². The highest BCUT2D eigenvalue weighted by Crippen LogP contribution is 2.29. The highest BCUT2D eigenvalue weighted by molar-refractivity contribution is 6.30. The van der Waals surface area contributed by atoms with Gasteiger partial charge in [-0.15, -0.1) is 0 Å². The molecular formula is C13H13NO4. The van der Waals surface area contributed by atoms with Crippen molar-refractivity contribution in [2.45, 2.75) is 6.92 Å². The number of rotatable bonds is 2. The van der Waals surface area contributed by atoms with Crippen molar-refractivity contribution in [2.75, 3.05) is 18.6 Å². The second-order valence-electron chi connectivity index (χ2n) is 3.96.